The molecule has 1 fully saturated rings. The van der Waals surface area contributed by atoms with Crippen molar-refractivity contribution in [3.8, 4) is 16.8 Å². The Hall–Kier alpha value is -3.78. The lowest BCUT2D eigenvalue weighted by atomic mass is 9.77. The summed E-state index contributed by atoms with van der Waals surface area (Å²) in [6.07, 6.45) is 6.30. The first-order valence-corrected chi connectivity index (χ1v) is 12.1. The van der Waals surface area contributed by atoms with Crippen molar-refractivity contribution < 1.29 is 19.0 Å². The summed E-state index contributed by atoms with van der Waals surface area (Å²) < 4.78 is 23.4. The number of ether oxygens (including phenoxy) is 1. The van der Waals surface area contributed by atoms with Gasteiger partial charge in [-0.1, -0.05) is 6.92 Å². The summed E-state index contributed by atoms with van der Waals surface area (Å²) >= 11 is 0. The van der Waals surface area contributed by atoms with E-state index in [1.165, 1.54) is 16.8 Å². The van der Waals surface area contributed by atoms with Crippen molar-refractivity contribution in [1.82, 2.24) is 14.3 Å². The van der Waals surface area contributed by atoms with Crippen molar-refractivity contribution in [3.05, 3.63) is 71.4 Å². The molecule has 0 saturated carbocycles. The zero-order valence-corrected chi connectivity index (χ0v) is 20.5. The predicted octanol–water partition coefficient (Wildman–Crippen LogP) is 5.06. The number of benzene rings is 2. The van der Waals surface area contributed by atoms with Gasteiger partial charge in [-0.2, -0.15) is 5.10 Å². The Morgan fingerprint density at radius 2 is 1.97 bits per heavy atom. The van der Waals surface area contributed by atoms with Crippen LogP contribution in [0.1, 0.15) is 44.0 Å². The third-order valence-corrected chi connectivity index (χ3v) is 7.71. The minimum Gasteiger partial charge on any atom is -0.479 e. The second-order valence-electron chi connectivity index (χ2n) is 10.2. The second kappa shape index (κ2) is 7.86. The maximum atomic E-state index is 13.9. The largest absolute Gasteiger partial charge is 0.479 e. The zero-order valence-electron chi connectivity index (χ0n) is 20.5. The monoisotopic (exact) mass is 486 g/mol. The van der Waals surface area contributed by atoms with Crippen LogP contribution in [-0.4, -0.2) is 44.9 Å². The quantitative estimate of drug-likeness (QED) is 0.413. The van der Waals surface area contributed by atoms with Gasteiger partial charge in [0.05, 0.1) is 36.9 Å². The molecule has 0 spiro atoms. The molecule has 2 aromatic carbocycles. The summed E-state index contributed by atoms with van der Waals surface area (Å²) in [5, 5.41) is 15.3. The summed E-state index contributed by atoms with van der Waals surface area (Å²) in [6.45, 7) is 7.18. The van der Waals surface area contributed by atoms with Crippen LogP contribution in [0, 0.1) is 5.82 Å². The number of hydrogen-bond acceptors (Lipinski definition) is 4. The zero-order chi connectivity index (χ0) is 25.2. The summed E-state index contributed by atoms with van der Waals surface area (Å²) in [4.78, 5) is 16.4. The molecule has 6 rings (SSSR count). The molecule has 184 valence electrons. The van der Waals surface area contributed by atoms with E-state index in [-0.39, 0.29) is 11.2 Å². The molecular weight excluding hydrogens is 459 g/mol. The van der Waals surface area contributed by atoms with Crippen LogP contribution in [0.2, 0.25) is 0 Å². The fourth-order valence-corrected chi connectivity index (χ4v) is 5.26. The molecule has 0 unspecified atom stereocenters. The Bertz CT molecular complexity index is 1540. The molecule has 2 aromatic heterocycles. The maximum absolute atomic E-state index is 13.9. The van der Waals surface area contributed by atoms with Crippen molar-refractivity contribution in [3.63, 3.8) is 0 Å². The van der Waals surface area contributed by atoms with E-state index in [0.717, 1.165) is 51.0 Å². The Labute approximate surface area is 207 Å². The van der Waals surface area contributed by atoms with Crippen molar-refractivity contribution >= 4 is 23.1 Å². The third kappa shape index (κ3) is 3.17. The summed E-state index contributed by atoms with van der Waals surface area (Å²) in [7, 11) is 0. The van der Waals surface area contributed by atoms with Gasteiger partial charge in [0.2, 0.25) is 0 Å². The molecule has 0 atom stereocenters. The van der Waals surface area contributed by atoms with E-state index in [0.29, 0.717) is 19.8 Å². The number of rotatable bonds is 6. The van der Waals surface area contributed by atoms with Gasteiger partial charge in [0.25, 0.3) is 0 Å². The smallest absolute Gasteiger partial charge is 0.331 e. The van der Waals surface area contributed by atoms with E-state index in [1.54, 1.807) is 32.2 Å². The van der Waals surface area contributed by atoms with Gasteiger partial charge in [0, 0.05) is 40.3 Å². The molecule has 0 radical (unpaired) electrons. The lowest BCUT2D eigenvalue weighted by molar-refractivity contribution is -0.146. The fourth-order valence-electron chi connectivity index (χ4n) is 5.26. The number of fused-ring (bicyclic) bond motifs is 2. The van der Waals surface area contributed by atoms with Crippen molar-refractivity contribution in [2.45, 2.75) is 44.7 Å². The molecule has 8 heteroatoms. The Morgan fingerprint density at radius 3 is 2.61 bits per heavy atom. The van der Waals surface area contributed by atoms with E-state index in [4.69, 9.17) is 4.74 Å². The summed E-state index contributed by atoms with van der Waals surface area (Å²) in [5.41, 5.74) is 5.52. The van der Waals surface area contributed by atoms with Gasteiger partial charge in [0.1, 0.15) is 5.82 Å². The van der Waals surface area contributed by atoms with Crippen LogP contribution in [0.5, 0.6) is 0 Å². The van der Waals surface area contributed by atoms with Gasteiger partial charge >= 0.3 is 5.97 Å². The Morgan fingerprint density at radius 1 is 1.22 bits per heavy atom. The second-order valence-corrected chi connectivity index (χ2v) is 10.2. The number of aliphatic carboxylic acids is 1. The number of carboxylic acids is 1. The van der Waals surface area contributed by atoms with Crippen molar-refractivity contribution in [1.29, 1.82) is 0 Å². The minimum absolute atomic E-state index is 0.244. The molecule has 1 N–H and O–H groups in total. The molecule has 7 nitrogen and oxygen atoms in total. The summed E-state index contributed by atoms with van der Waals surface area (Å²) in [6, 6.07) is 10.9. The molecule has 4 heterocycles. The SMILES string of the molecule is CCC1(c2c(-c3cnn(C(C)(C)C(=O)O)c3)c3cc4c(cc3n2-c2ccc(F)cc2)C=NC4)COC1. The number of aliphatic imine (C=N–C) groups is 1. The first kappa shape index (κ1) is 22.7. The molecule has 0 amide bonds. The standard InChI is InChI=1S/C28H27FN4O3/c1-4-28(15-36-16-28)25-24(19-13-31-32(14-19)27(2,3)26(34)35)22-9-17-11-30-12-18(17)10-23(22)33(25)21-7-5-20(29)6-8-21/h5-10,12-14H,4,11,15-16H2,1-3H3,(H,34,35). The first-order valence-electron chi connectivity index (χ1n) is 12.1. The maximum Gasteiger partial charge on any atom is 0.331 e. The van der Waals surface area contributed by atoms with Crippen LogP contribution < -0.4 is 0 Å². The molecular formula is C28H27FN4O3. The van der Waals surface area contributed by atoms with E-state index in [2.05, 4.69) is 33.7 Å². The van der Waals surface area contributed by atoms with Gasteiger partial charge in [0.15, 0.2) is 5.54 Å². The number of aromatic nitrogens is 3. The number of hydrogen-bond donors (Lipinski definition) is 1. The highest BCUT2D eigenvalue weighted by Crippen LogP contribution is 2.48. The van der Waals surface area contributed by atoms with Crippen LogP contribution in [0.4, 0.5) is 4.39 Å². The molecule has 1 saturated heterocycles. The molecule has 4 aromatic rings. The molecule has 2 aliphatic rings. The molecule has 2 aliphatic heterocycles. The normalized spacial score (nSPS) is 16.3. The van der Waals surface area contributed by atoms with Crippen LogP contribution in [0.25, 0.3) is 27.7 Å². The van der Waals surface area contributed by atoms with E-state index >= 15 is 0 Å². The predicted molar refractivity (Wildman–Crippen MR) is 135 cm³/mol. The van der Waals surface area contributed by atoms with Gasteiger partial charge < -0.3 is 14.4 Å². The topological polar surface area (TPSA) is 81.6 Å². The van der Waals surface area contributed by atoms with Gasteiger partial charge in [-0.25, -0.2) is 9.18 Å². The van der Waals surface area contributed by atoms with E-state index in [9.17, 15) is 14.3 Å². The Kier molecular flexibility index (Phi) is 4.95. The lowest BCUT2D eigenvalue weighted by Gasteiger charge is -2.42. The lowest BCUT2D eigenvalue weighted by Crippen LogP contribution is -2.47. The molecule has 36 heavy (non-hydrogen) atoms. The summed E-state index contributed by atoms with van der Waals surface area (Å²) in [5.74, 6) is -1.25. The highest BCUT2D eigenvalue weighted by molar-refractivity contribution is 6.03. The average molecular weight is 487 g/mol. The number of halogens is 1. The Balaban J connectivity index is 1.71. The highest BCUT2D eigenvalue weighted by atomic mass is 19.1. The third-order valence-electron chi connectivity index (χ3n) is 7.71. The van der Waals surface area contributed by atoms with Crippen LogP contribution in [0.3, 0.4) is 0 Å². The molecule has 0 aliphatic carbocycles. The number of nitrogens with zero attached hydrogens (tertiary/aromatic N) is 4. The van der Waals surface area contributed by atoms with Crippen LogP contribution >= 0.6 is 0 Å². The minimum atomic E-state index is -1.20. The van der Waals surface area contributed by atoms with Gasteiger partial charge in [-0.15, -0.1) is 0 Å². The average Bonchev–Trinajstić information content (AvgIpc) is 3.55. The van der Waals surface area contributed by atoms with E-state index in [1.807, 2.05) is 12.4 Å². The highest BCUT2D eigenvalue weighted by Gasteiger charge is 2.45. The van der Waals surface area contributed by atoms with Gasteiger partial charge in [-0.3, -0.25) is 9.67 Å². The number of carboxylic acid groups (broad SMARTS) is 1. The van der Waals surface area contributed by atoms with Crippen molar-refractivity contribution in [2.24, 2.45) is 4.99 Å². The first-order chi connectivity index (χ1) is 17.2. The van der Waals surface area contributed by atoms with Crippen LogP contribution in [-0.2, 0) is 27.0 Å². The number of carbonyl (C=O) groups is 1. The molecule has 0 bridgehead atoms. The fraction of sp³-hybridized carbons (Fsp3) is 0.321. The van der Waals surface area contributed by atoms with Crippen molar-refractivity contribution in [2.75, 3.05) is 13.2 Å². The van der Waals surface area contributed by atoms with E-state index < -0.39 is 11.5 Å². The van der Waals surface area contributed by atoms with Crippen LogP contribution in [0.15, 0.2) is 53.8 Å². The van der Waals surface area contributed by atoms with Gasteiger partial charge in [-0.05, 0) is 67.8 Å².